The van der Waals surface area contributed by atoms with Crippen molar-refractivity contribution in [1.29, 1.82) is 0 Å². The summed E-state index contributed by atoms with van der Waals surface area (Å²) in [6.07, 6.45) is 3.78. The van der Waals surface area contributed by atoms with Gasteiger partial charge in [0.1, 0.15) is 6.26 Å². The molecule has 2 heterocycles. The molecule has 0 aliphatic heterocycles. The Hall–Kier alpha value is -0.650. The van der Waals surface area contributed by atoms with E-state index in [9.17, 15) is 0 Å². The number of thiophene rings is 1. The fourth-order valence-corrected chi connectivity index (χ4v) is 2.73. The summed E-state index contributed by atoms with van der Waals surface area (Å²) in [6.45, 7) is 1.01. The normalized spacial score (nSPS) is 10.9. The van der Waals surface area contributed by atoms with Crippen LogP contribution in [-0.2, 0) is 6.42 Å². The van der Waals surface area contributed by atoms with Gasteiger partial charge in [-0.1, -0.05) is 0 Å². The van der Waals surface area contributed by atoms with E-state index in [4.69, 9.17) is 4.42 Å². The average molecular weight is 301 g/mol. The maximum Gasteiger partial charge on any atom is 0.236 e. The highest BCUT2D eigenvalue weighted by Gasteiger charge is 2.08. The molecule has 0 bridgehead atoms. The summed E-state index contributed by atoms with van der Waals surface area (Å²) >= 11 is 5.06. The van der Waals surface area contributed by atoms with Crippen LogP contribution in [0.25, 0.3) is 10.8 Å². The molecular formula is C11H13BrN2OS. The highest BCUT2D eigenvalue weighted by molar-refractivity contribution is 9.11. The Morgan fingerprint density at radius 2 is 2.38 bits per heavy atom. The van der Waals surface area contributed by atoms with Gasteiger partial charge in [-0.05, 0) is 54.5 Å². The predicted octanol–water partition coefficient (Wildman–Crippen LogP) is 3.32. The second kappa shape index (κ2) is 5.61. The van der Waals surface area contributed by atoms with E-state index in [2.05, 4.69) is 26.2 Å². The number of nitrogens with one attached hydrogen (secondary N) is 1. The minimum atomic E-state index is 0.718. The lowest BCUT2D eigenvalue weighted by Crippen LogP contribution is -2.08. The van der Waals surface area contributed by atoms with Gasteiger partial charge in [-0.2, -0.15) is 0 Å². The van der Waals surface area contributed by atoms with E-state index in [-0.39, 0.29) is 0 Å². The van der Waals surface area contributed by atoms with Crippen LogP contribution in [0.3, 0.4) is 0 Å². The van der Waals surface area contributed by atoms with Gasteiger partial charge in [-0.25, -0.2) is 4.98 Å². The average Bonchev–Trinajstić information content (AvgIpc) is 2.87. The molecule has 1 N–H and O–H groups in total. The minimum absolute atomic E-state index is 0.718. The topological polar surface area (TPSA) is 38.1 Å². The molecule has 2 aromatic rings. The van der Waals surface area contributed by atoms with Gasteiger partial charge in [0.25, 0.3) is 0 Å². The maximum absolute atomic E-state index is 5.45. The predicted molar refractivity (Wildman–Crippen MR) is 69.8 cm³/mol. The number of rotatable bonds is 5. The maximum atomic E-state index is 5.45. The van der Waals surface area contributed by atoms with Crippen LogP contribution < -0.4 is 5.32 Å². The standard InChI is InChI=1S/C11H13BrN2OS/c1-13-6-2-3-8-7-15-11(14-8)9-4-5-10(12)16-9/h4-5,7,13H,2-3,6H2,1H3. The summed E-state index contributed by atoms with van der Waals surface area (Å²) in [5.41, 5.74) is 1.02. The van der Waals surface area contributed by atoms with Crippen molar-refractivity contribution in [2.45, 2.75) is 12.8 Å². The van der Waals surface area contributed by atoms with Gasteiger partial charge in [0.05, 0.1) is 14.4 Å². The molecule has 0 spiro atoms. The Balaban J connectivity index is 2.02. The van der Waals surface area contributed by atoms with Crippen molar-refractivity contribution in [2.75, 3.05) is 13.6 Å². The largest absolute Gasteiger partial charge is 0.444 e. The van der Waals surface area contributed by atoms with Crippen molar-refractivity contribution in [3.05, 3.63) is 27.9 Å². The molecule has 0 fully saturated rings. The van der Waals surface area contributed by atoms with Crippen molar-refractivity contribution in [3.8, 4) is 10.8 Å². The quantitative estimate of drug-likeness (QED) is 0.861. The third-order valence-corrected chi connectivity index (χ3v) is 3.81. The van der Waals surface area contributed by atoms with Gasteiger partial charge >= 0.3 is 0 Å². The summed E-state index contributed by atoms with van der Waals surface area (Å²) in [7, 11) is 1.96. The van der Waals surface area contributed by atoms with Crippen molar-refractivity contribution >= 4 is 27.3 Å². The molecule has 0 saturated carbocycles. The van der Waals surface area contributed by atoms with Crippen LogP contribution in [0.1, 0.15) is 12.1 Å². The van der Waals surface area contributed by atoms with E-state index >= 15 is 0 Å². The van der Waals surface area contributed by atoms with Crippen LogP contribution in [-0.4, -0.2) is 18.6 Å². The van der Waals surface area contributed by atoms with Crippen LogP contribution in [0.15, 0.2) is 26.6 Å². The molecule has 3 nitrogen and oxygen atoms in total. The van der Waals surface area contributed by atoms with Crippen molar-refractivity contribution in [3.63, 3.8) is 0 Å². The Kier molecular flexibility index (Phi) is 4.15. The Morgan fingerprint density at radius 1 is 1.50 bits per heavy atom. The monoisotopic (exact) mass is 300 g/mol. The number of nitrogens with zero attached hydrogens (tertiary/aromatic N) is 1. The number of hydrogen-bond acceptors (Lipinski definition) is 4. The van der Waals surface area contributed by atoms with Crippen LogP contribution >= 0.6 is 27.3 Å². The van der Waals surface area contributed by atoms with Crippen molar-refractivity contribution < 1.29 is 4.42 Å². The number of hydrogen-bond donors (Lipinski definition) is 1. The first-order chi connectivity index (χ1) is 7.79. The van der Waals surface area contributed by atoms with Gasteiger partial charge in [-0.3, -0.25) is 0 Å². The lowest BCUT2D eigenvalue weighted by Gasteiger charge is -1.94. The fraction of sp³-hybridized carbons (Fsp3) is 0.364. The number of oxazole rings is 1. The molecule has 0 radical (unpaired) electrons. The van der Waals surface area contributed by atoms with E-state index in [1.807, 2.05) is 19.2 Å². The van der Waals surface area contributed by atoms with Gasteiger partial charge in [0.2, 0.25) is 5.89 Å². The second-order valence-corrected chi connectivity index (χ2v) is 5.92. The molecule has 0 saturated heterocycles. The third-order valence-electron chi connectivity index (χ3n) is 2.20. The second-order valence-electron chi connectivity index (χ2n) is 3.45. The molecule has 0 atom stereocenters. The van der Waals surface area contributed by atoms with E-state index in [0.717, 1.165) is 39.6 Å². The van der Waals surface area contributed by atoms with Gasteiger partial charge in [-0.15, -0.1) is 11.3 Å². The van der Waals surface area contributed by atoms with Crippen LogP contribution in [0.5, 0.6) is 0 Å². The zero-order valence-electron chi connectivity index (χ0n) is 9.00. The minimum Gasteiger partial charge on any atom is -0.444 e. The Morgan fingerprint density at radius 3 is 3.06 bits per heavy atom. The van der Waals surface area contributed by atoms with Gasteiger partial charge in [0, 0.05) is 0 Å². The molecule has 0 unspecified atom stereocenters. The molecule has 0 aromatic carbocycles. The third kappa shape index (κ3) is 2.93. The van der Waals surface area contributed by atoms with Crippen LogP contribution in [0.4, 0.5) is 0 Å². The van der Waals surface area contributed by atoms with Crippen molar-refractivity contribution in [2.24, 2.45) is 0 Å². The molecular weight excluding hydrogens is 288 g/mol. The molecule has 2 rings (SSSR count). The van der Waals surface area contributed by atoms with E-state index in [0.29, 0.717) is 0 Å². The molecule has 0 aliphatic rings. The van der Waals surface area contributed by atoms with E-state index < -0.39 is 0 Å². The first-order valence-corrected chi connectivity index (χ1v) is 6.75. The molecule has 0 amide bonds. The van der Waals surface area contributed by atoms with Crippen LogP contribution in [0.2, 0.25) is 0 Å². The Bertz CT molecular complexity index is 452. The molecule has 16 heavy (non-hydrogen) atoms. The van der Waals surface area contributed by atoms with E-state index in [1.54, 1.807) is 17.6 Å². The molecule has 5 heteroatoms. The lowest BCUT2D eigenvalue weighted by molar-refractivity contribution is 0.573. The van der Waals surface area contributed by atoms with Gasteiger partial charge < -0.3 is 9.73 Å². The first-order valence-electron chi connectivity index (χ1n) is 5.14. The highest BCUT2D eigenvalue weighted by Crippen LogP contribution is 2.30. The summed E-state index contributed by atoms with van der Waals surface area (Å²) in [4.78, 5) is 5.52. The van der Waals surface area contributed by atoms with Crippen molar-refractivity contribution in [1.82, 2.24) is 10.3 Å². The smallest absolute Gasteiger partial charge is 0.236 e. The summed E-state index contributed by atoms with van der Waals surface area (Å²) in [5.74, 6) is 0.718. The number of aryl methyl sites for hydroxylation is 1. The number of halogens is 1. The van der Waals surface area contributed by atoms with Gasteiger partial charge in [0.15, 0.2) is 0 Å². The Labute approximate surface area is 107 Å². The number of aromatic nitrogens is 1. The molecule has 2 aromatic heterocycles. The summed E-state index contributed by atoms with van der Waals surface area (Å²) in [6, 6.07) is 4.02. The zero-order chi connectivity index (χ0) is 11.4. The fourth-order valence-electron chi connectivity index (χ4n) is 1.41. The SMILES string of the molecule is CNCCCc1coc(-c2ccc(Br)s2)n1. The van der Waals surface area contributed by atoms with E-state index in [1.165, 1.54) is 0 Å². The van der Waals surface area contributed by atoms with Crippen LogP contribution in [0, 0.1) is 0 Å². The lowest BCUT2D eigenvalue weighted by atomic mass is 10.2. The highest BCUT2D eigenvalue weighted by atomic mass is 79.9. The summed E-state index contributed by atoms with van der Waals surface area (Å²) in [5, 5.41) is 3.12. The molecule has 0 aliphatic carbocycles. The molecule has 86 valence electrons. The zero-order valence-corrected chi connectivity index (χ0v) is 11.4. The summed E-state index contributed by atoms with van der Waals surface area (Å²) < 4.78 is 6.55. The first kappa shape index (κ1) is 11.8.